The van der Waals surface area contributed by atoms with Crippen LogP contribution in [0.3, 0.4) is 0 Å². The summed E-state index contributed by atoms with van der Waals surface area (Å²) in [5.74, 6) is 0.0146. The van der Waals surface area contributed by atoms with Gasteiger partial charge in [0.25, 0.3) is 5.91 Å². The number of fused-ring (bicyclic) bond motifs is 1. The third-order valence-electron chi connectivity index (χ3n) is 4.59. The average Bonchev–Trinajstić information content (AvgIpc) is 2.73. The van der Waals surface area contributed by atoms with E-state index in [0.717, 1.165) is 15.9 Å². The molecule has 0 aliphatic carbocycles. The Hall–Kier alpha value is -2.88. The lowest BCUT2D eigenvalue weighted by molar-refractivity contribution is -0.119. The van der Waals surface area contributed by atoms with Gasteiger partial charge in [-0.15, -0.1) is 0 Å². The van der Waals surface area contributed by atoms with Crippen molar-refractivity contribution in [3.63, 3.8) is 0 Å². The number of aromatic nitrogens is 1. The molecule has 1 aromatic heterocycles. The lowest BCUT2D eigenvalue weighted by Gasteiger charge is -2.23. The minimum absolute atomic E-state index is 0.191. The van der Waals surface area contributed by atoms with Crippen molar-refractivity contribution in [2.45, 2.75) is 6.92 Å². The molecule has 32 heavy (non-hydrogen) atoms. The van der Waals surface area contributed by atoms with Crippen molar-refractivity contribution in [3.8, 4) is 5.75 Å². The Morgan fingerprint density at radius 1 is 1.25 bits per heavy atom. The van der Waals surface area contributed by atoms with Gasteiger partial charge in [-0.3, -0.25) is 9.10 Å². The van der Waals surface area contributed by atoms with Gasteiger partial charge in [0.2, 0.25) is 10.0 Å². The van der Waals surface area contributed by atoms with Gasteiger partial charge in [-0.2, -0.15) is 5.10 Å². The quantitative estimate of drug-likeness (QED) is 0.306. The Bertz CT molecular complexity index is 1310. The van der Waals surface area contributed by atoms with Gasteiger partial charge in [0, 0.05) is 22.0 Å². The number of nitrogens with zero attached hydrogens (tertiary/aromatic N) is 3. The summed E-state index contributed by atoms with van der Waals surface area (Å²) < 4.78 is 30.7. The number of carbonyl (C=O) groups excluding carboxylic acids is 1. The number of nitrogens with one attached hydrogen (secondary N) is 1. The highest BCUT2D eigenvalue weighted by molar-refractivity contribution is 7.92. The Balaban J connectivity index is 1.77. The van der Waals surface area contributed by atoms with Gasteiger partial charge in [0.15, 0.2) is 0 Å². The van der Waals surface area contributed by atoms with E-state index >= 15 is 0 Å². The van der Waals surface area contributed by atoms with Crippen LogP contribution < -0.4 is 14.5 Å². The molecule has 0 unspecified atom stereocenters. The largest absolute Gasteiger partial charge is 0.497 e. The molecule has 0 aliphatic rings. The van der Waals surface area contributed by atoms with Crippen LogP contribution >= 0.6 is 23.2 Å². The molecule has 3 rings (SSSR count). The van der Waals surface area contributed by atoms with Crippen LogP contribution in [0.15, 0.2) is 47.6 Å². The van der Waals surface area contributed by atoms with E-state index < -0.39 is 22.5 Å². The van der Waals surface area contributed by atoms with Crippen molar-refractivity contribution >= 4 is 61.9 Å². The van der Waals surface area contributed by atoms with Crippen LogP contribution in [0, 0.1) is 6.92 Å². The molecule has 1 heterocycles. The zero-order valence-corrected chi connectivity index (χ0v) is 19.8. The van der Waals surface area contributed by atoms with Crippen molar-refractivity contribution in [2.24, 2.45) is 5.10 Å². The van der Waals surface area contributed by atoms with Crippen LogP contribution in [-0.4, -0.2) is 45.4 Å². The van der Waals surface area contributed by atoms with Crippen molar-refractivity contribution in [1.29, 1.82) is 0 Å². The number of sulfonamides is 1. The number of carbonyl (C=O) groups is 1. The number of pyridine rings is 1. The van der Waals surface area contributed by atoms with E-state index in [1.165, 1.54) is 6.21 Å². The molecule has 11 heteroatoms. The first kappa shape index (κ1) is 23.8. The smallest absolute Gasteiger partial charge is 0.260 e. The highest BCUT2D eigenvalue weighted by atomic mass is 35.5. The molecule has 0 spiro atoms. The van der Waals surface area contributed by atoms with Crippen molar-refractivity contribution in [3.05, 3.63) is 63.8 Å². The fraction of sp³-hybridized carbons (Fsp3) is 0.190. The number of hydrogen-bond donors (Lipinski definition) is 1. The summed E-state index contributed by atoms with van der Waals surface area (Å²) in [6, 6.07) is 12.0. The predicted molar refractivity (Wildman–Crippen MR) is 127 cm³/mol. The topological polar surface area (TPSA) is 101 Å². The fourth-order valence-electron chi connectivity index (χ4n) is 2.94. The van der Waals surface area contributed by atoms with E-state index in [9.17, 15) is 13.2 Å². The first-order valence-corrected chi connectivity index (χ1v) is 11.9. The molecule has 0 fully saturated rings. The molecular weight excluding hydrogens is 475 g/mol. The number of hydrogen-bond acceptors (Lipinski definition) is 6. The molecule has 0 atom stereocenters. The first-order chi connectivity index (χ1) is 15.1. The third-order valence-corrected chi connectivity index (χ3v) is 6.43. The second kappa shape index (κ2) is 9.72. The summed E-state index contributed by atoms with van der Waals surface area (Å²) in [6.45, 7) is 1.21. The number of rotatable bonds is 7. The molecule has 2 aromatic carbocycles. The molecular formula is C21H20Cl2N4O4S. The summed E-state index contributed by atoms with van der Waals surface area (Å²) in [4.78, 5) is 16.7. The second-order valence-corrected chi connectivity index (χ2v) is 9.55. The molecule has 168 valence electrons. The van der Waals surface area contributed by atoms with Crippen LogP contribution in [0.5, 0.6) is 5.75 Å². The molecule has 3 aromatic rings. The number of amides is 1. The maximum atomic E-state index is 12.4. The van der Waals surface area contributed by atoms with Gasteiger partial charge in [0.05, 0.1) is 30.8 Å². The maximum absolute atomic E-state index is 12.4. The monoisotopic (exact) mass is 494 g/mol. The lowest BCUT2D eigenvalue weighted by Crippen LogP contribution is -2.39. The third kappa shape index (κ3) is 5.48. The zero-order valence-electron chi connectivity index (χ0n) is 17.5. The van der Waals surface area contributed by atoms with E-state index in [-0.39, 0.29) is 5.15 Å². The van der Waals surface area contributed by atoms with E-state index in [4.69, 9.17) is 27.9 Å². The van der Waals surface area contributed by atoms with E-state index in [1.807, 2.05) is 6.07 Å². The summed E-state index contributed by atoms with van der Waals surface area (Å²) in [6.07, 6.45) is 2.35. The van der Waals surface area contributed by atoms with Crippen LogP contribution in [0.1, 0.15) is 11.1 Å². The zero-order chi connectivity index (χ0) is 23.5. The van der Waals surface area contributed by atoms with Gasteiger partial charge in [-0.1, -0.05) is 29.3 Å². The van der Waals surface area contributed by atoms with Crippen LogP contribution in [0.25, 0.3) is 10.9 Å². The van der Waals surface area contributed by atoms with Crippen molar-refractivity contribution < 1.29 is 17.9 Å². The summed E-state index contributed by atoms with van der Waals surface area (Å²) in [5, 5.41) is 5.28. The Morgan fingerprint density at radius 3 is 2.69 bits per heavy atom. The molecule has 0 saturated heterocycles. The van der Waals surface area contributed by atoms with Gasteiger partial charge in [-0.25, -0.2) is 18.8 Å². The molecule has 0 saturated carbocycles. The van der Waals surface area contributed by atoms with Crippen LogP contribution in [0.2, 0.25) is 10.2 Å². The van der Waals surface area contributed by atoms with E-state index in [0.29, 0.717) is 33.1 Å². The first-order valence-electron chi connectivity index (χ1n) is 9.29. The number of hydrazone groups is 1. The van der Waals surface area contributed by atoms with Gasteiger partial charge < -0.3 is 4.74 Å². The number of halogens is 2. The summed E-state index contributed by atoms with van der Waals surface area (Å²) >= 11 is 12.3. The minimum Gasteiger partial charge on any atom is -0.497 e. The second-order valence-electron chi connectivity index (χ2n) is 6.87. The standard InChI is InChI=1S/C21H20Cl2N4O4S/c1-13-17(22)5-4-6-19(13)27(32(3,29)30)12-20(28)26-24-11-15-9-14-7-8-16(31-2)10-18(14)25-21(15)23/h4-11H,12H2,1-3H3,(H,26,28)/b24-11-. The molecule has 0 radical (unpaired) electrons. The Kier molecular flexibility index (Phi) is 7.22. The molecule has 1 N–H and O–H groups in total. The van der Waals surface area contributed by atoms with Crippen molar-refractivity contribution in [1.82, 2.24) is 10.4 Å². The fourth-order valence-corrected chi connectivity index (χ4v) is 4.22. The highest BCUT2D eigenvalue weighted by Crippen LogP contribution is 2.28. The Labute approximate surface area is 195 Å². The minimum atomic E-state index is -3.75. The highest BCUT2D eigenvalue weighted by Gasteiger charge is 2.23. The van der Waals surface area contributed by atoms with Gasteiger partial charge in [-0.05, 0) is 42.8 Å². The number of benzene rings is 2. The normalized spacial score (nSPS) is 11.7. The van der Waals surface area contributed by atoms with E-state index in [1.54, 1.807) is 50.4 Å². The van der Waals surface area contributed by atoms with Gasteiger partial charge >= 0.3 is 0 Å². The van der Waals surface area contributed by atoms with Crippen LogP contribution in [-0.2, 0) is 14.8 Å². The molecule has 8 nitrogen and oxygen atoms in total. The van der Waals surface area contributed by atoms with Gasteiger partial charge in [0.1, 0.15) is 17.4 Å². The van der Waals surface area contributed by atoms with Crippen LogP contribution in [0.4, 0.5) is 5.69 Å². The van der Waals surface area contributed by atoms with Crippen molar-refractivity contribution in [2.75, 3.05) is 24.2 Å². The number of ether oxygens (including phenoxy) is 1. The number of methoxy groups -OCH3 is 1. The summed E-state index contributed by atoms with van der Waals surface area (Å²) in [5.41, 5.74) is 4.31. The maximum Gasteiger partial charge on any atom is 0.260 e. The Morgan fingerprint density at radius 2 is 2.00 bits per heavy atom. The predicted octanol–water partition coefficient (Wildman–Crippen LogP) is 3.77. The molecule has 1 amide bonds. The van der Waals surface area contributed by atoms with E-state index in [2.05, 4.69) is 15.5 Å². The summed E-state index contributed by atoms with van der Waals surface area (Å²) in [7, 11) is -2.19. The molecule has 0 bridgehead atoms. The molecule has 0 aliphatic heterocycles. The number of anilines is 1. The average molecular weight is 495 g/mol. The SMILES string of the molecule is COc1ccc2cc(/C=N\NC(=O)CN(c3cccc(Cl)c3C)S(C)(=O)=O)c(Cl)nc2c1. The lowest BCUT2D eigenvalue weighted by atomic mass is 10.1.